The molecule has 2 aromatic rings. The molecule has 7 nitrogen and oxygen atoms in total. The maximum absolute atomic E-state index is 13.1. The number of carbonyl (C=O) groups excluding carboxylic acids is 2. The molecule has 2 rings (SSSR count). The molecule has 0 saturated heterocycles. The summed E-state index contributed by atoms with van der Waals surface area (Å²) in [6, 6.07) is 11.4. The zero-order chi connectivity index (χ0) is 19.3. The van der Waals surface area contributed by atoms with E-state index in [1.807, 2.05) is 0 Å². The third-order valence-electron chi connectivity index (χ3n) is 3.48. The Bertz CT molecular complexity index is 911. The fraction of sp³-hybridized carbons (Fsp3) is 0.176. The smallest absolute Gasteiger partial charge is 0.340 e. The van der Waals surface area contributed by atoms with Crippen molar-refractivity contribution in [3.05, 3.63) is 59.1 Å². The zero-order valence-electron chi connectivity index (χ0n) is 14.0. The maximum atomic E-state index is 13.1. The largest absolute Gasteiger partial charge is 0.468 e. The minimum absolute atomic E-state index is 0.000278. The lowest BCUT2D eigenvalue weighted by atomic mass is 10.2. The molecule has 2 aromatic carbocycles. The third-order valence-corrected chi connectivity index (χ3v) is 5.51. The first kappa shape index (κ1) is 19.7. The van der Waals surface area contributed by atoms with Crippen LogP contribution in [0.15, 0.2) is 53.4 Å². The Morgan fingerprint density at radius 2 is 1.62 bits per heavy atom. The van der Waals surface area contributed by atoms with Gasteiger partial charge in [-0.05, 0) is 36.4 Å². The Morgan fingerprint density at radius 3 is 2.19 bits per heavy atom. The summed E-state index contributed by atoms with van der Waals surface area (Å²) in [6.45, 7) is -0.616. The highest BCUT2D eigenvalue weighted by molar-refractivity contribution is 7.92. The number of benzene rings is 2. The van der Waals surface area contributed by atoms with Crippen LogP contribution in [0.5, 0.6) is 0 Å². The van der Waals surface area contributed by atoms with Gasteiger partial charge in [-0.25, -0.2) is 13.2 Å². The van der Waals surface area contributed by atoms with Crippen LogP contribution in [-0.2, 0) is 24.3 Å². The van der Waals surface area contributed by atoms with Gasteiger partial charge in [0.15, 0.2) is 0 Å². The van der Waals surface area contributed by atoms with E-state index in [9.17, 15) is 18.0 Å². The van der Waals surface area contributed by atoms with Crippen molar-refractivity contribution in [2.45, 2.75) is 4.90 Å². The van der Waals surface area contributed by atoms with Crippen LogP contribution in [0.2, 0.25) is 5.02 Å². The Morgan fingerprint density at radius 1 is 1.00 bits per heavy atom. The Balaban J connectivity index is 2.63. The second-order valence-electron chi connectivity index (χ2n) is 5.05. The van der Waals surface area contributed by atoms with Gasteiger partial charge in [0.2, 0.25) is 0 Å². The third kappa shape index (κ3) is 4.14. The second kappa shape index (κ2) is 8.20. The van der Waals surface area contributed by atoms with Crippen molar-refractivity contribution in [2.24, 2.45) is 0 Å². The van der Waals surface area contributed by atoms with E-state index in [1.54, 1.807) is 12.1 Å². The molecule has 0 atom stereocenters. The molecular formula is C17H16ClNO6S. The van der Waals surface area contributed by atoms with Crippen LogP contribution in [0.1, 0.15) is 10.4 Å². The molecule has 0 spiro atoms. The highest BCUT2D eigenvalue weighted by Gasteiger charge is 2.30. The number of carbonyl (C=O) groups is 2. The summed E-state index contributed by atoms with van der Waals surface area (Å²) in [5, 5.41) is 0.360. The highest BCUT2D eigenvalue weighted by Crippen LogP contribution is 2.28. The van der Waals surface area contributed by atoms with Gasteiger partial charge in [-0.2, -0.15) is 0 Å². The molecule has 0 saturated carbocycles. The summed E-state index contributed by atoms with van der Waals surface area (Å²) in [6.07, 6.45) is 0. The van der Waals surface area contributed by atoms with Crippen molar-refractivity contribution < 1.29 is 27.5 Å². The number of nitrogens with zero attached hydrogens (tertiary/aromatic N) is 1. The topological polar surface area (TPSA) is 90.0 Å². The van der Waals surface area contributed by atoms with Crippen LogP contribution in [0.25, 0.3) is 0 Å². The highest BCUT2D eigenvalue weighted by atomic mass is 35.5. The molecule has 0 amide bonds. The first-order chi connectivity index (χ1) is 12.3. The molecule has 9 heteroatoms. The fourth-order valence-corrected chi connectivity index (χ4v) is 3.74. The summed E-state index contributed by atoms with van der Waals surface area (Å²) in [5.74, 6) is -1.52. The van der Waals surface area contributed by atoms with Crippen molar-refractivity contribution in [1.29, 1.82) is 0 Å². The van der Waals surface area contributed by atoms with Crippen LogP contribution in [-0.4, -0.2) is 41.1 Å². The summed E-state index contributed by atoms with van der Waals surface area (Å²) in [4.78, 5) is 23.7. The van der Waals surface area contributed by atoms with E-state index >= 15 is 0 Å². The average Bonchev–Trinajstić information content (AvgIpc) is 2.65. The van der Waals surface area contributed by atoms with Crippen molar-refractivity contribution >= 4 is 39.3 Å². The van der Waals surface area contributed by atoms with E-state index in [4.69, 9.17) is 16.3 Å². The predicted octanol–water partition coefficient (Wildman–Crippen LogP) is 2.49. The molecular weight excluding hydrogens is 382 g/mol. The molecule has 0 aliphatic carbocycles. The number of hydrogen-bond donors (Lipinski definition) is 0. The molecule has 0 aromatic heterocycles. The number of esters is 2. The normalized spacial score (nSPS) is 10.9. The van der Waals surface area contributed by atoms with Gasteiger partial charge in [-0.1, -0.05) is 23.7 Å². The van der Waals surface area contributed by atoms with Crippen LogP contribution in [0, 0.1) is 0 Å². The van der Waals surface area contributed by atoms with Gasteiger partial charge < -0.3 is 9.47 Å². The minimum atomic E-state index is -4.17. The van der Waals surface area contributed by atoms with Crippen molar-refractivity contribution in [2.75, 3.05) is 25.1 Å². The van der Waals surface area contributed by atoms with E-state index in [0.29, 0.717) is 5.02 Å². The molecule has 0 bridgehead atoms. The number of para-hydroxylation sites is 1. The van der Waals surface area contributed by atoms with Crippen molar-refractivity contribution in [3.63, 3.8) is 0 Å². The Hall–Kier alpha value is -2.58. The Labute approximate surface area is 156 Å². The number of sulfonamides is 1. The number of methoxy groups -OCH3 is 2. The fourth-order valence-electron chi connectivity index (χ4n) is 2.19. The second-order valence-corrected chi connectivity index (χ2v) is 7.35. The summed E-state index contributed by atoms with van der Waals surface area (Å²) in [7, 11) is -1.86. The van der Waals surface area contributed by atoms with E-state index in [0.717, 1.165) is 11.4 Å². The molecule has 0 unspecified atom stereocenters. The van der Waals surface area contributed by atoms with Gasteiger partial charge in [0.05, 0.1) is 30.4 Å². The zero-order valence-corrected chi connectivity index (χ0v) is 15.6. The quantitative estimate of drug-likeness (QED) is 0.695. The van der Waals surface area contributed by atoms with Gasteiger partial charge in [0, 0.05) is 5.02 Å². The van der Waals surface area contributed by atoms with Crippen molar-refractivity contribution in [1.82, 2.24) is 0 Å². The van der Waals surface area contributed by atoms with Gasteiger partial charge in [-0.3, -0.25) is 9.10 Å². The van der Waals surface area contributed by atoms with Gasteiger partial charge in [-0.15, -0.1) is 0 Å². The van der Waals surface area contributed by atoms with E-state index < -0.39 is 28.5 Å². The number of halogens is 1. The molecule has 0 aliphatic heterocycles. The van der Waals surface area contributed by atoms with Crippen LogP contribution >= 0.6 is 11.6 Å². The molecule has 0 fully saturated rings. The predicted molar refractivity (Wildman–Crippen MR) is 95.8 cm³/mol. The lowest BCUT2D eigenvalue weighted by molar-refractivity contribution is -0.138. The first-order valence-corrected chi connectivity index (χ1v) is 9.15. The minimum Gasteiger partial charge on any atom is -0.468 e. The molecule has 26 heavy (non-hydrogen) atoms. The van der Waals surface area contributed by atoms with Crippen LogP contribution in [0.3, 0.4) is 0 Å². The number of hydrogen-bond acceptors (Lipinski definition) is 6. The summed E-state index contributed by atoms with van der Waals surface area (Å²) >= 11 is 5.81. The monoisotopic (exact) mass is 397 g/mol. The van der Waals surface area contributed by atoms with Gasteiger partial charge in [0.1, 0.15) is 6.54 Å². The lowest BCUT2D eigenvalue weighted by Gasteiger charge is -2.25. The molecule has 138 valence electrons. The number of ether oxygens (including phenoxy) is 2. The van der Waals surface area contributed by atoms with E-state index in [1.165, 1.54) is 43.5 Å². The van der Waals surface area contributed by atoms with E-state index in [2.05, 4.69) is 4.74 Å². The molecule has 0 radical (unpaired) electrons. The Kier molecular flexibility index (Phi) is 6.23. The first-order valence-electron chi connectivity index (χ1n) is 7.33. The number of rotatable bonds is 6. The molecule has 0 N–H and O–H groups in total. The SMILES string of the molecule is COC(=O)CN(c1ccccc1C(=O)OC)S(=O)(=O)c1ccc(Cl)cc1. The molecule has 0 heterocycles. The standard InChI is InChI=1S/C17H16ClNO6S/c1-24-16(20)11-19(15-6-4-3-5-14(15)17(21)25-2)26(22,23)13-9-7-12(18)8-10-13/h3-10H,11H2,1-2H3. The number of anilines is 1. The van der Waals surface area contributed by atoms with Gasteiger partial charge >= 0.3 is 11.9 Å². The van der Waals surface area contributed by atoms with E-state index in [-0.39, 0.29) is 16.1 Å². The maximum Gasteiger partial charge on any atom is 0.340 e. The average molecular weight is 398 g/mol. The summed E-state index contributed by atoms with van der Waals surface area (Å²) < 4.78 is 36.3. The van der Waals surface area contributed by atoms with Gasteiger partial charge in [0.25, 0.3) is 10.0 Å². The van der Waals surface area contributed by atoms with Crippen molar-refractivity contribution in [3.8, 4) is 0 Å². The van der Waals surface area contributed by atoms with Crippen LogP contribution in [0.4, 0.5) is 5.69 Å². The summed E-state index contributed by atoms with van der Waals surface area (Å²) in [5.41, 5.74) is -0.00357. The lowest BCUT2D eigenvalue weighted by Crippen LogP contribution is -2.37. The van der Waals surface area contributed by atoms with Crippen LogP contribution < -0.4 is 4.31 Å². The molecule has 0 aliphatic rings.